The van der Waals surface area contributed by atoms with Gasteiger partial charge in [0.25, 0.3) is 6.01 Å². The highest BCUT2D eigenvalue weighted by Gasteiger charge is 2.48. The molecule has 0 saturated carbocycles. The Labute approximate surface area is 429 Å². The number of likely N-dealkylation sites (tertiary alicyclic amines) is 1. The Balaban J connectivity index is 0.595. The highest BCUT2D eigenvalue weighted by molar-refractivity contribution is 6.33. The SMILES string of the molecule is Nc1ncnc2c1c(-c1ccc(Oc3ccccc3)cc1)nn2[C@@H]1CCCN(C(=O)CCOCCC(=O)NCCOc2ccc(-c3ccc(-c4nc5nc(OC6COC7C(O)COC67)[nH]c5cc4Cl)cc3)cc2)C1. The van der Waals surface area contributed by atoms with Crippen LogP contribution in [0, 0.1) is 0 Å². The summed E-state index contributed by atoms with van der Waals surface area (Å²) in [5.41, 5.74) is 13.0. The van der Waals surface area contributed by atoms with Crippen molar-refractivity contribution in [2.24, 2.45) is 0 Å². The number of hydrogen-bond acceptors (Lipinski definition) is 15. The van der Waals surface area contributed by atoms with Gasteiger partial charge in [-0.2, -0.15) is 10.1 Å². The number of para-hydroxylation sites is 1. The zero-order valence-electron chi connectivity index (χ0n) is 40.1. The number of rotatable bonds is 18. The van der Waals surface area contributed by atoms with Gasteiger partial charge in [0.15, 0.2) is 17.4 Å². The second-order valence-corrected chi connectivity index (χ2v) is 18.7. The van der Waals surface area contributed by atoms with Gasteiger partial charge in [-0.3, -0.25) is 9.59 Å². The molecule has 3 aliphatic rings. The van der Waals surface area contributed by atoms with Gasteiger partial charge in [-0.25, -0.2) is 19.6 Å². The molecule has 3 saturated heterocycles. The fourth-order valence-electron chi connectivity index (χ4n) is 9.58. The summed E-state index contributed by atoms with van der Waals surface area (Å²) in [7, 11) is 0. The third-order valence-electron chi connectivity index (χ3n) is 13.3. The molecule has 20 heteroatoms. The van der Waals surface area contributed by atoms with E-state index in [0.717, 1.165) is 40.8 Å². The molecular weight excluding hydrogens is 968 g/mol. The lowest BCUT2D eigenvalue weighted by atomic mass is 10.0. The van der Waals surface area contributed by atoms with Gasteiger partial charge in [-0.1, -0.05) is 66.2 Å². The number of pyridine rings is 1. The molecule has 0 aliphatic carbocycles. The number of nitrogens with one attached hydrogen (secondary N) is 2. The molecule has 4 unspecified atom stereocenters. The molecule has 8 aromatic rings. The summed E-state index contributed by atoms with van der Waals surface area (Å²) in [4.78, 5) is 49.0. The molecule has 0 spiro atoms. The van der Waals surface area contributed by atoms with Gasteiger partial charge in [0.2, 0.25) is 11.8 Å². The molecule has 4 aromatic carbocycles. The first-order chi connectivity index (χ1) is 36.2. The van der Waals surface area contributed by atoms with Crippen molar-refractivity contribution in [2.45, 2.75) is 56.1 Å². The van der Waals surface area contributed by atoms with E-state index < -0.39 is 18.3 Å². The van der Waals surface area contributed by atoms with Crippen LogP contribution in [-0.4, -0.2) is 134 Å². The smallest absolute Gasteiger partial charge is 0.296 e. The minimum absolute atomic E-state index is 0.0239. The van der Waals surface area contributed by atoms with Crippen molar-refractivity contribution in [3.63, 3.8) is 0 Å². The maximum atomic E-state index is 13.4. The number of hydrogen-bond donors (Lipinski definition) is 4. The van der Waals surface area contributed by atoms with E-state index in [1.165, 1.54) is 6.33 Å². The number of H-pyrrole nitrogens is 1. The number of nitrogens with two attached hydrogens (primary N) is 1. The first kappa shape index (κ1) is 48.6. The van der Waals surface area contributed by atoms with E-state index in [-0.39, 0.29) is 75.8 Å². The summed E-state index contributed by atoms with van der Waals surface area (Å²) in [6, 6.07) is 34.8. The fraction of sp³-hybridized carbons (Fsp3) is 0.315. The molecule has 3 fully saturated rings. The monoisotopic (exact) mass is 1020 g/mol. The number of carbonyl (C=O) groups excluding carboxylic acids is 2. The van der Waals surface area contributed by atoms with Crippen molar-refractivity contribution in [3.05, 3.63) is 121 Å². The molecule has 3 aliphatic heterocycles. The van der Waals surface area contributed by atoms with Crippen LogP contribution >= 0.6 is 11.6 Å². The van der Waals surface area contributed by atoms with E-state index in [0.29, 0.717) is 75.6 Å². The van der Waals surface area contributed by atoms with Crippen molar-refractivity contribution in [3.8, 4) is 56.9 Å². The number of fused-ring (bicyclic) bond motifs is 3. The van der Waals surface area contributed by atoms with Crippen LogP contribution in [0.5, 0.6) is 23.3 Å². The second kappa shape index (κ2) is 21.8. The third-order valence-corrected chi connectivity index (χ3v) is 13.6. The largest absolute Gasteiger partial charge is 0.492 e. The molecule has 5 N–H and O–H groups in total. The Morgan fingerprint density at radius 2 is 1.51 bits per heavy atom. The van der Waals surface area contributed by atoms with Crippen LogP contribution in [-0.2, 0) is 23.8 Å². The quantitative estimate of drug-likeness (QED) is 0.0623. The predicted molar refractivity (Wildman–Crippen MR) is 275 cm³/mol. The molecule has 380 valence electrons. The van der Waals surface area contributed by atoms with Gasteiger partial charge in [-0.15, -0.1) is 0 Å². The molecular formula is C54H53ClN10O9. The molecule has 19 nitrogen and oxygen atoms in total. The Morgan fingerprint density at radius 3 is 2.32 bits per heavy atom. The number of carbonyl (C=O) groups is 2. The molecule has 0 bridgehead atoms. The highest BCUT2D eigenvalue weighted by atomic mass is 35.5. The molecule has 5 atom stereocenters. The molecule has 11 rings (SSSR count). The number of nitrogen functional groups attached to an aromatic ring is 1. The zero-order chi connectivity index (χ0) is 50.5. The first-order valence-corrected chi connectivity index (χ1v) is 25.0. The lowest BCUT2D eigenvalue weighted by molar-refractivity contribution is -0.134. The van der Waals surface area contributed by atoms with Crippen molar-refractivity contribution in [2.75, 3.05) is 58.4 Å². The van der Waals surface area contributed by atoms with Gasteiger partial charge in [0.1, 0.15) is 60.0 Å². The molecule has 4 aromatic heterocycles. The number of aromatic amines is 1. The number of ether oxygens (including phenoxy) is 6. The third kappa shape index (κ3) is 10.7. The zero-order valence-corrected chi connectivity index (χ0v) is 40.9. The van der Waals surface area contributed by atoms with E-state index in [9.17, 15) is 14.7 Å². The number of anilines is 1. The number of aromatic nitrogens is 7. The average Bonchev–Trinajstić information content (AvgIpc) is 4.22. The minimum Gasteiger partial charge on any atom is -0.492 e. The van der Waals surface area contributed by atoms with E-state index in [1.807, 2.05) is 113 Å². The summed E-state index contributed by atoms with van der Waals surface area (Å²) < 4.78 is 36.8. The van der Waals surface area contributed by atoms with E-state index in [1.54, 1.807) is 6.07 Å². The number of aliphatic hydroxyl groups excluding tert-OH is 1. The fourth-order valence-corrected chi connectivity index (χ4v) is 9.84. The van der Waals surface area contributed by atoms with Crippen molar-refractivity contribution >= 4 is 51.4 Å². The maximum absolute atomic E-state index is 13.4. The lowest BCUT2D eigenvalue weighted by Gasteiger charge is -2.33. The number of imidazole rings is 1. The van der Waals surface area contributed by atoms with Crippen molar-refractivity contribution < 1.29 is 43.1 Å². The molecule has 7 heterocycles. The summed E-state index contributed by atoms with van der Waals surface area (Å²) in [5, 5.41) is 19.0. The number of piperidine rings is 1. The van der Waals surface area contributed by atoms with Crippen LogP contribution in [0.3, 0.4) is 0 Å². The van der Waals surface area contributed by atoms with Crippen LogP contribution in [0.1, 0.15) is 31.7 Å². The van der Waals surface area contributed by atoms with Gasteiger partial charge >= 0.3 is 0 Å². The number of amides is 2. The van der Waals surface area contributed by atoms with Gasteiger partial charge in [-0.05, 0) is 78.6 Å². The average molecular weight is 1020 g/mol. The Kier molecular flexibility index (Phi) is 14.3. The van der Waals surface area contributed by atoms with Crippen molar-refractivity contribution in [1.82, 2.24) is 44.9 Å². The Bertz CT molecular complexity index is 3250. The Morgan fingerprint density at radius 1 is 0.811 bits per heavy atom. The number of benzene rings is 4. The van der Waals surface area contributed by atoms with E-state index >= 15 is 0 Å². The van der Waals surface area contributed by atoms with Crippen LogP contribution < -0.4 is 25.3 Å². The summed E-state index contributed by atoms with van der Waals surface area (Å²) in [6.07, 6.45) is 1.56. The predicted octanol–water partition coefficient (Wildman–Crippen LogP) is 7.19. The number of halogens is 1. The number of aliphatic hydroxyl groups is 1. The van der Waals surface area contributed by atoms with Crippen LogP contribution in [0.4, 0.5) is 5.82 Å². The van der Waals surface area contributed by atoms with E-state index in [2.05, 4.69) is 25.3 Å². The van der Waals surface area contributed by atoms with Gasteiger partial charge in [0, 0.05) is 30.6 Å². The molecule has 0 radical (unpaired) electrons. The van der Waals surface area contributed by atoms with Gasteiger partial charge < -0.3 is 54.5 Å². The topological polar surface area (TPSA) is 236 Å². The second-order valence-electron chi connectivity index (χ2n) is 18.3. The first-order valence-electron chi connectivity index (χ1n) is 24.6. The van der Waals surface area contributed by atoms with E-state index in [4.69, 9.17) is 55.8 Å². The summed E-state index contributed by atoms with van der Waals surface area (Å²) in [5.74, 6) is 2.25. The van der Waals surface area contributed by atoms with Crippen molar-refractivity contribution in [1.29, 1.82) is 0 Å². The van der Waals surface area contributed by atoms with Crippen LogP contribution in [0.2, 0.25) is 5.02 Å². The lowest BCUT2D eigenvalue weighted by Crippen LogP contribution is -2.41. The van der Waals surface area contributed by atoms with Crippen LogP contribution in [0.15, 0.2) is 116 Å². The standard InChI is InChI=1S/C54H53ClN10O9/c55-40-27-41-52(62-54(60-41)74-43-30-72-49-42(66)29-71-50(43)49)61-47(40)34-10-8-32(9-11-34)33-12-16-37(17-13-33)70-26-22-57-44(67)20-24-69-25-21-45(68)64-23-4-5-36(28-64)65-53-46(51(56)58-31-59-53)48(63-65)35-14-18-39(19-15-35)73-38-6-2-1-3-7-38/h1-3,6-19,27,31,36,42-43,49-50,66H,4-5,20-26,28-30H2,(H,57,67)(H2,56,58,59)(H,60,61,62)/t36-,42?,43?,49?,50?/m1/s1. The maximum Gasteiger partial charge on any atom is 0.296 e. The highest BCUT2D eigenvalue weighted by Crippen LogP contribution is 2.37. The number of nitrogens with zero attached hydrogens (tertiary/aromatic N) is 7. The van der Waals surface area contributed by atoms with Crippen LogP contribution in [0.25, 0.3) is 55.8 Å². The molecule has 2 amide bonds. The van der Waals surface area contributed by atoms with Gasteiger partial charge in [0.05, 0.1) is 67.1 Å². The summed E-state index contributed by atoms with van der Waals surface area (Å²) in [6.45, 7) is 2.60. The normalized spacial score (nSPS) is 19.4. The molecule has 74 heavy (non-hydrogen) atoms. The Hall–Kier alpha value is -7.68. The minimum atomic E-state index is -0.669. The summed E-state index contributed by atoms with van der Waals surface area (Å²) >= 11 is 6.69.